The number of primary amides is 1. The first-order valence-electron chi connectivity index (χ1n) is 14.9. The molecular weight excluding hydrogens is 550 g/mol. The normalized spacial score (nSPS) is 28.5. The molecule has 2 aromatic carbocycles. The Labute approximate surface area is 251 Å². The van der Waals surface area contributed by atoms with Gasteiger partial charge in [-0.15, -0.1) is 0 Å². The van der Waals surface area contributed by atoms with Gasteiger partial charge in [-0.25, -0.2) is 0 Å². The first-order chi connectivity index (χ1) is 20.4. The maximum absolute atomic E-state index is 14.1. The van der Waals surface area contributed by atoms with Crippen molar-refractivity contribution in [3.63, 3.8) is 0 Å². The third kappa shape index (κ3) is 4.95. The summed E-state index contributed by atoms with van der Waals surface area (Å²) in [4.78, 5) is 57.7. The number of carbonyl (C=O) groups excluding carboxylic acids is 4. The number of ketones is 3. The number of methoxy groups -OCH3 is 1. The standard InChI is InChI=1S/C33H41N3O7/c1-6-36(7-2)16-17-8-11-25(43-5)20(12-17)19-9-10-24(37)27-21(19)13-18-14-23-28(35(3)4)29(38)22(32(34)41)15-33(23,42)31(40)26(18)30(27)39/h8-12,18,22-23,26,28,37,42H,6-7,13-16H2,1-5H3,(H2,34,41). The fourth-order valence-corrected chi connectivity index (χ4v) is 7.73. The number of nitrogens with zero attached hydrogens (tertiary/aromatic N) is 2. The predicted molar refractivity (Wildman–Crippen MR) is 160 cm³/mol. The van der Waals surface area contributed by atoms with Crippen molar-refractivity contribution in [2.75, 3.05) is 34.3 Å². The molecule has 2 aromatic rings. The Bertz CT molecular complexity index is 1480. The molecule has 0 saturated heterocycles. The van der Waals surface area contributed by atoms with Gasteiger partial charge in [0.15, 0.2) is 17.3 Å². The van der Waals surface area contributed by atoms with E-state index in [2.05, 4.69) is 18.7 Å². The summed E-state index contributed by atoms with van der Waals surface area (Å²) in [6, 6.07) is 8.26. The molecule has 230 valence electrons. The van der Waals surface area contributed by atoms with E-state index in [1.807, 2.05) is 18.2 Å². The van der Waals surface area contributed by atoms with Crippen molar-refractivity contribution in [3.05, 3.63) is 47.0 Å². The average molecular weight is 592 g/mol. The highest BCUT2D eigenvalue weighted by Crippen LogP contribution is 2.53. The van der Waals surface area contributed by atoms with Crippen LogP contribution in [0.25, 0.3) is 11.1 Å². The third-order valence-electron chi connectivity index (χ3n) is 9.92. The van der Waals surface area contributed by atoms with Crippen LogP contribution < -0.4 is 10.5 Å². The van der Waals surface area contributed by atoms with E-state index in [4.69, 9.17) is 10.5 Å². The summed E-state index contributed by atoms with van der Waals surface area (Å²) in [6.45, 7) is 6.72. The number of Topliss-reactive ketones (excluding diaryl/α,β-unsaturated/α-hetero) is 3. The molecule has 0 heterocycles. The minimum absolute atomic E-state index is 0.0628. The number of likely N-dealkylation sites (N-methyl/N-ethyl adjacent to an activating group) is 1. The number of amides is 1. The lowest BCUT2D eigenvalue weighted by molar-refractivity contribution is -0.176. The molecule has 6 unspecified atom stereocenters. The molecule has 0 radical (unpaired) electrons. The number of aliphatic hydroxyl groups is 1. The van der Waals surface area contributed by atoms with Crippen molar-refractivity contribution in [1.82, 2.24) is 9.80 Å². The third-order valence-corrected chi connectivity index (χ3v) is 9.92. The van der Waals surface area contributed by atoms with E-state index in [0.29, 0.717) is 11.3 Å². The Balaban J connectivity index is 1.62. The lowest BCUT2D eigenvalue weighted by Gasteiger charge is -2.53. The zero-order valence-corrected chi connectivity index (χ0v) is 25.4. The van der Waals surface area contributed by atoms with Gasteiger partial charge in [0.1, 0.15) is 23.0 Å². The first-order valence-corrected chi connectivity index (χ1v) is 14.9. The first kappa shape index (κ1) is 30.8. The van der Waals surface area contributed by atoms with Crippen LogP contribution in [0.3, 0.4) is 0 Å². The van der Waals surface area contributed by atoms with Crippen molar-refractivity contribution in [1.29, 1.82) is 0 Å². The maximum Gasteiger partial charge on any atom is 0.228 e. The largest absolute Gasteiger partial charge is 0.507 e. The molecule has 5 rings (SSSR count). The van der Waals surface area contributed by atoms with E-state index in [1.54, 1.807) is 32.2 Å². The molecule has 3 aliphatic carbocycles. The summed E-state index contributed by atoms with van der Waals surface area (Å²) in [5.41, 5.74) is 6.69. The number of fused-ring (bicyclic) bond motifs is 3. The molecule has 6 atom stereocenters. The minimum Gasteiger partial charge on any atom is -0.507 e. The molecule has 1 amide bonds. The van der Waals surface area contributed by atoms with Crippen molar-refractivity contribution in [2.24, 2.45) is 29.4 Å². The van der Waals surface area contributed by atoms with Crippen LogP contribution in [0.2, 0.25) is 0 Å². The van der Waals surface area contributed by atoms with Crippen LogP contribution in [0.4, 0.5) is 0 Å². The molecule has 4 N–H and O–H groups in total. The molecular formula is C33H41N3O7. The monoisotopic (exact) mass is 591 g/mol. The summed E-state index contributed by atoms with van der Waals surface area (Å²) in [5, 5.41) is 22.8. The number of rotatable bonds is 8. The molecule has 10 nitrogen and oxygen atoms in total. The molecule has 0 aliphatic heterocycles. The summed E-state index contributed by atoms with van der Waals surface area (Å²) < 4.78 is 5.72. The SMILES string of the molecule is CCN(CC)Cc1ccc(OC)c(-c2ccc(O)c3c2CC2CC4C(N(C)C)C(=O)C(C(N)=O)CC4(O)C(=O)C2C3=O)c1. The van der Waals surface area contributed by atoms with Gasteiger partial charge in [-0.1, -0.05) is 26.0 Å². The van der Waals surface area contributed by atoms with E-state index in [1.165, 1.54) is 6.07 Å². The average Bonchev–Trinajstić information content (AvgIpc) is 2.96. The number of nitrogens with two attached hydrogens (primary N) is 1. The second-order valence-electron chi connectivity index (χ2n) is 12.4. The van der Waals surface area contributed by atoms with Crippen LogP contribution in [0.1, 0.15) is 48.2 Å². The van der Waals surface area contributed by atoms with E-state index < -0.39 is 65.0 Å². The van der Waals surface area contributed by atoms with Gasteiger partial charge >= 0.3 is 0 Å². The molecule has 43 heavy (non-hydrogen) atoms. The van der Waals surface area contributed by atoms with Crippen molar-refractivity contribution in [3.8, 4) is 22.6 Å². The zero-order valence-electron chi connectivity index (χ0n) is 25.4. The second kappa shape index (κ2) is 11.5. The van der Waals surface area contributed by atoms with E-state index in [9.17, 15) is 29.4 Å². The minimum atomic E-state index is -2.08. The summed E-state index contributed by atoms with van der Waals surface area (Å²) in [6.07, 6.45) is 0.0537. The number of hydrogen-bond acceptors (Lipinski definition) is 9. The van der Waals surface area contributed by atoms with Gasteiger partial charge in [0.2, 0.25) is 5.91 Å². The fraction of sp³-hybridized carbons (Fsp3) is 0.515. The number of ether oxygens (including phenoxy) is 1. The van der Waals surface area contributed by atoms with Gasteiger partial charge in [0.05, 0.1) is 24.6 Å². The van der Waals surface area contributed by atoms with Gasteiger partial charge in [-0.05, 0) is 80.8 Å². The molecule has 2 saturated carbocycles. The Morgan fingerprint density at radius 1 is 1.09 bits per heavy atom. The summed E-state index contributed by atoms with van der Waals surface area (Å²) >= 11 is 0. The molecule has 2 fully saturated rings. The molecule has 10 heteroatoms. The molecule has 3 aliphatic rings. The van der Waals surface area contributed by atoms with E-state index >= 15 is 0 Å². The lowest BCUT2D eigenvalue weighted by atomic mass is 9.52. The van der Waals surface area contributed by atoms with Gasteiger partial charge in [-0.3, -0.25) is 29.0 Å². The van der Waals surface area contributed by atoms with Crippen LogP contribution >= 0.6 is 0 Å². The Morgan fingerprint density at radius 3 is 2.40 bits per heavy atom. The fourth-order valence-electron chi connectivity index (χ4n) is 7.73. The van der Waals surface area contributed by atoms with Crippen LogP contribution in [-0.2, 0) is 27.3 Å². The molecule has 0 aromatic heterocycles. The Kier molecular flexibility index (Phi) is 8.24. The smallest absolute Gasteiger partial charge is 0.228 e. The number of phenolic OH excluding ortho intramolecular Hbond substituents is 1. The lowest BCUT2D eigenvalue weighted by Crippen LogP contribution is -2.69. The van der Waals surface area contributed by atoms with Gasteiger partial charge in [-0.2, -0.15) is 0 Å². The van der Waals surface area contributed by atoms with Gasteiger partial charge in [0.25, 0.3) is 0 Å². The number of phenols is 1. The van der Waals surface area contributed by atoms with Gasteiger partial charge < -0.3 is 20.7 Å². The molecule has 0 spiro atoms. The Hall–Kier alpha value is -3.60. The highest BCUT2D eigenvalue weighted by molar-refractivity contribution is 6.18. The van der Waals surface area contributed by atoms with E-state index in [0.717, 1.165) is 36.3 Å². The quantitative estimate of drug-likeness (QED) is 0.393. The highest BCUT2D eigenvalue weighted by atomic mass is 16.5. The predicted octanol–water partition coefficient (Wildman–Crippen LogP) is 2.21. The number of hydrogen-bond donors (Lipinski definition) is 3. The summed E-state index contributed by atoms with van der Waals surface area (Å²) in [5.74, 6) is -6.09. The Morgan fingerprint density at radius 2 is 1.79 bits per heavy atom. The topological polar surface area (TPSA) is 150 Å². The summed E-state index contributed by atoms with van der Waals surface area (Å²) in [7, 11) is 4.91. The van der Waals surface area contributed by atoms with Crippen molar-refractivity contribution < 1.29 is 34.1 Å². The molecule has 0 bridgehead atoms. The van der Waals surface area contributed by atoms with Crippen molar-refractivity contribution in [2.45, 2.75) is 51.3 Å². The van der Waals surface area contributed by atoms with Crippen LogP contribution in [0.15, 0.2) is 30.3 Å². The van der Waals surface area contributed by atoms with Crippen LogP contribution in [0, 0.1) is 23.7 Å². The van der Waals surface area contributed by atoms with Crippen LogP contribution in [0.5, 0.6) is 11.5 Å². The highest BCUT2D eigenvalue weighted by Gasteiger charge is 2.64. The van der Waals surface area contributed by atoms with E-state index in [-0.39, 0.29) is 24.2 Å². The number of carbonyl (C=O) groups is 4. The van der Waals surface area contributed by atoms with Gasteiger partial charge in [0, 0.05) is 24.4 Å². The number of aromatic hydroxyl groups is 1. The van der Waals surface area contributed by atoms with Crippen LogP contribution in [-0.4, -0.2) is 89.2 Å². The zero-order chi connectivity index (χ0) is 31.4. The maximum atomic E-state index is 14.1. The van der Waals surface area contributed by atoms with Crippen molar-refractivity contribution >= 4 is 23.3 Å². The number of benzene rings is 2. The second-order valence-corrected chi connectivity index (χ2v) is 12.4.